The fourth-order valence-electron chi connectivity index (χ4n) is 3.60. The zero-order valence-corrected chi connectivity index (χ0v) is 16.5. The van der Waals surface area contributed by atoms with Gasteiger partial charge in [0.25, 0.3) is 5.91 Å². The van der Waals surface area contributed by atoms with Gasteiger partial charge in [0.05, 0.1) is 11.6 Å². The zero-order valence-electron chi connectivity index (χ0n) is 14.9. The van der Waals surface area contributed by atoms with Crippen LogP contribution in [0.3, 0.4) is 0 Å². The van der Waals surface area contributed by atoms with Crippen molar-refractivity contribution in [1.29, 1.82) is 0 Å². The van der Waals surface area contributed by atoms with Crippen LogP contribution in [0, 0.1) is 0 Å². The molecule has 0 atom stereocenters. The van der Waals surface area contributed by atoms with Crippen molar-refractivity contribution < 1.29 is 18.0 Å². The second-order valence-corrected chi connectivity index (χ2v) is 7.75. The molecule has 6 nitrogen and oxygen atoms in total. The molecule has 1 aromatic carbocycles. The Hall–Kier alpha value is -2.36. The quantitative estimate of drug-likeness (QED) is 0.586. The largest absolute Gasteiger partial charge is 0.435 e. The molecule has 0 N–H and O–H groups in total. The molecule has 28 heavy (non-hydrogen) atoms. The van der Waals surface area contributed by atoms with Gasteiger partial charge in [-0.15, -0.1) is 0 Å². The third-order valence-corrected chi connectivity index (χ3v) is 5.52. The molecule has 1 aliphatic heterocycles. The summed E-state index contributed by atoms with van der Waals surface area (Å²) in [5, 5.41) is 8.83. The molecule has 1 saturated heterocycles. The van der Waals surface area contributed by atoms with Crippen LogP contribution >= 0.6 is 15.9 Å². The Balaban J connectivity index is 1.49. The summed E-state index contributed by atoms with van der Waals surface area (Å²) in [5.74, 6) is -0.123. The standard InChI is InChI=1S/C18H17BrF3N5O/c1-25-16(13-3-2-11(19)10-14(13)23-25)17(28)26-7-4-12(5-8-26)27-9-6-15(24-27)18(20,21)22/h2-3,6,9-10,12H,4-5,7-8H2,1H3. The Kier molecular flexibility index (Phi) is 4.68. The fourth-order valence-corrected chi connectivity index (χ4v) is 3.95. The molecule has 3 heterocycles. The molecule has 1 aliphatic rings. The van der Waals surface area contributed by atoms with E-state index < -0.39 is 11.9 Å². The summed E-state index contributed by atoms with van der Waals surface area (Å²) in [6.45, 7) is 0.905. The zero-order chi connectivity index (χ0) is 20.1. The van der Waals surface area contributed by atoms with Gasteiger partial charge in [0.15, 0.2) is 5.69 Å². The lowest BCUT2D eigenvalue weighted by Crippen LogP contribution is -2.40. The average molecular weight is 456 g/mol. The van der Waals surface area contributed by atoms with Gasteiger partial charge in [-0.3, -0.25) is 14.2 Å². The van der Waals surface area contributed by atoms with Crippen LogP contribution in [-0.4, -0.2) is 43.5 Å². The van der Waals surface area contributed by atoms with E-state index in [1.54, 1.807) is 16.6 Å². The molecule has 0 saturated carbocycles. The van der Waals surface area contributed by atoms with Crippen molar-refractivity contribution in [1.82, 2.24) is 24.5 Å². The number of hydrogen-bond donors (Lipinski definition) is 0. The SMILES string of the molecule is Cn1nc2cc(Br)ccc2c1C(=O)N1CCC(n2ccc(C(F)(F)F)n2)CC1. The summed E-state index contributed by atoms with van der Waals surface area (Å²) in [4.78, 5) is 14.8. The summed E-state index contributed by atoms with van der Waals surface area (Å²) < 4.78 is 42.1. The number of benzene rings is 1. The van der Waals surface area contributed by atoms with Crippen LogP contribution in [0.1, 0.15) is 35.1 Å². The number of fused-ring (bicyclic) bond motifs is 1. The Morgan fingerprint density at radius 2 is 1.89 bits per heavy atom. The Bertz CT molecular complexity index is 1030. The number of aromatic nitrogens is 4. The predicted molar refractivity (Wildman–Crippen MR) is 99.8 cm³/mol. The highest BCUT2D eigenvalue weighted by Gasteiger charge is 2.35. The van der Waals surface area contributed by atoms with E-state index in [9.17, 15) is 18.0 Å². The number of alkyl halides is 3. The third-order valence-electron chi connectivity index (χ3n) is 5.02. The van der Waals surface area contributed by atoms with Gasteiger partial charge in [-0.2, -0.15) is 23.4 Å². The molecule has 1 amide bonds. The van der Waals surface area contributed by atoms with Crippen molar-refractivity contribution in [2.24, 2.45) is 7.05 Å². The number of carbonyl (C=O) groups excluding carboxylic acids is 1. The van der Waals surface area contributed by atoms with Crippen LogP contribution in [0.5, 0.6) is 0 Å². The maximum absolute atomic E-state index is 13.0. The molecular formula is C18H17BrF3N5O. The monoisotopic (exact) mass is 455 g/mol. The van der Waals surface area contributed by atoms with Crippen molar-refractivity contribution in [3.05, 3.63) is 46.3 Å². The van der Waals surface area contributed by atoms with Gasteiger partial charge in [0.1, 0.15) is 5.69 Å². The minimum atomic E-state index is -4.45. The lowest BCUT2D eigenvalue weighted by Gasteiger charge is -2.32. The first-order chi connectivity index (χ1) is 13.2. The number of rotatable bonds is 2. The predicted octanol–water partition coefficient (Wildman–Crippen LogP) is 4.03. The van der Waals surface area contributed by atoms with Gasteiger partial charge in [0.2, 0.25) is 0 Å². The number of carbonyl (C=O) groups is 1. The van der Waals surface area contributed by atoms with Gasteiger partial charge in [-0.25, -0.2) is 0 Å². The minimum absolute atomic E-state index is 0.123. The third kappa shape index (κ3) is 3.41. The number of likely N-dealkylation sites (tertiary alicyclic amines) is 1. The molecule has 148 valence electrons. The molecule has 0 radical (unpaired) electrons. The number of aryl methyl sites for hydroxylation is 1. The molecule has 0 bridgehead atoms. The molecule has 0 spiro atoms. The first-order valence-corrected chi connectivity index (χ1v) is 9.57. The molecule has 0 aliphatic carbocycles. The van der Waals surface area contributed by atoms with E-state index in [1.807, 2.05) is 18.2 Å². The van der Waals surface area contributed by atoms with Crippen LogP contribution in [0.4, 0.5) is 13.2 Å². The maximum atomic E-state index is 13.0. The summed E-state index contributed by atoms with van der Waals surface area (Å²) in [6, 6.07) is 6.41. The highest BCUT2D eigenvalue weighted by molar-refractivity contribution is 9.10. The van der Waals surface area contributed by atoms with Crippen molar-refractivity contribution in [2.45, 2.75) is 25.1 Å². The van der Waals surface area contributed by atoms with Gasteiger partial charge in [0, 0.05) is 36.2 Å². The van der Waals surface area contributed by atoms with Crippen molar-refractivity contribution >= 4 is 32.7 Å². The van der Waals surface area contributed by atoms with Gasteiger partial charge in [-0.05, 0) is 37.1 Å². The van der Waals surface area contributed by atoms with Gasteiger partial charge < -0.3 is 4.90 Å². The Labute approximate surface area is 167 Å². The maximum Gasteiger partial charge on any atom is 0.435 e. The summed E-state index contributed by atoms with van der Waals surface area (Å²) >= 11 is 3.40. The number of nitrogens with zero attached hydrogens (tertiary/aromatic N) is 5. The van der Waals surface area contributed by atoms with Crippen molar-refractivity contribution in [2.75, 3.05) is 13.1 Å². The normalized spacial score (nSPS) is 16.1. The number of piperidine rings is 1. The number of amides is 1. The van der Waals surface area contributed by atoms with Crippen LogP contribution in [0.15, 0.2) is 34.9 Å². The van der Waals surface area contributed by atoms with Crippen molar-refractivity contribution in [3.63, 3.8) is 0 Å². The smallest absolute Gasteiger partial charge is 0.337 e. The molecule has 10 heteroatoms. The van der Waals surface area contributed by atoms with Crippen LogP contribution < -0.4 is 0 Å². The lowest BCUT2D eigenvalue weighted by molar-refractivity contribution is -0.141. The highest BCUT2D eigenvalue weighted by Crippen LogP contribution is 2.30. The molecule has 4 rings (SSSR count). The summed E-state index contributed by atoms with van der Waals surface area (Å²) in [6.07, 6.45) is -1.99. The Morgan fingerprint density at radius 3 is 2.54 bits per heavy atom. The van der Waals surface area contributed by atoms with E-state index in [1.165, 1.54) is 10.9 Å². The Morgan fingerprint density at radius 1 is 1.18 bits per heavy atom. The molecule has 0 unspecified atom stereocenters. The van der Waals surface area contributed by atoms with Crippen LogP contribution in [0.25, 0.3) is 10.9 Å². The first kappa shape index (κ1) is 19.0. The second kappa shape index (κ2) is 6.91. The van der Waals surface area contributed by atoms with Gasteiger partial charge >= 0.3 is 6.18 Å². The molecular weight excluding hydrogens is 439 g/mol. The molecule has 1 fully saturated rings. The van der Waals surface area contributed by atoms with E-state index in [4.69, 9.17) is 0 Å². The molecule has 2 aromatic heterocycles. The topological polar surface area (TPSA) is 56.0 Å². The van der Waals surface area contributed by atoms with E-state index in [0.29, 0.717) is 31.6 Å². The van der Waals surface area contributed by atoms with Crippen molar-refractivity contribution in [3.8, 4) is 0 Å². The number of hydrogen-bond acceptors (Lipinski definition) is 3. The first-order valence-electron chi connectivity index (χ1n) is 8.78. The average Bonchev–Trinajstić information content (AvgIpc) is 3.25. The second-order valence-electron chi connectivity index (χ2n) is 6.84. The molecule has 3 aromatic rings. The van der Waals surface area contributed by atoms with E-state index in [-0.39, 0.29) is 11.9 Å². The fraction of sp³-hybridized carbons (Fsp3) is 0.389. The lowest BCUT2D eigenvalue weighted by atomic mass is 10.0. The van der Waals surface area contributed by atoms with Gasteiger partial charge in [-0.1, -0.05) is 15.9 Å². The minimum Gasteiger partial charge on any atom is -0.337 e. The highest BCUT2D eigenvalue weighted by atomic mass is 79.9. The summed E-state index contributed by atoms with van der Waals surface area (Å²) in [7, 11) is 1.73. The van der Waals surface area contributed by atoms with Crippen LogP contribution in [-0.2, 0) is 13.2 Å². The summed E-state index contributed by atoms with van der Waals surface area (Å²) in [5.41, 5.74) is 0.351. The van der Waals surface area contributed by atoms with E-state index in [2.05, 4.69) is 26.1 Å². The van der Waals surface area contributed by atoms with Crippen LogP contribution in [0.2, 0.25) is 0 Å². The van der Waals surface area contributed by atoms with E-state index >= 15 is 0 Å². The van der Waals surface area contributed by atoms with E-state index in [0.717, 1.165) is 21.4 Å². The number of halogens is 4.